The van der Waals surface area contributed by atoms with E-state index < -0.39 is 0 Å². The fraction of sp³-hybridized carbons (Fsp3) is 0.462. The van der Waals surface area contributed by atoms with Crippen LogP contribution >= 0.6 is 23.8 Å². The summed E-state index contributed by atoms with van der Waals surface area (Å²) < 4.78 is 0. The topological polar surface area (TPSA) is 24.1 Å². The molecule has 2 N–H and O–H groups in total. The molecule has 1 aromatic rings. The summed E-state index contributed by atoms with van der Waals surface area (Å²) in [5.41, 5.74) is 0.859. The minimum atomic E-state index is 0.507. The molecule has 0 heterocycles. The van der Waals surface area contributed by atoms with Crippen LogP contribution in [0.2, 0.25) is 5.02 Å². The van der Waals surface area contributed by atoms with Crippen molar-refractivity contribution in [2.45, 2.75) is 32.2 Å². The first kappa shape index (κ1) is 12.7. The third-order valence-corrected chi connectivity index (χ3v) is 3.70. The Labute approximate surface area is 113 Å². The van der Waals surface area contributed by atoms with E-state index in [2.05, 4.69) is 17.6 Å². The second-order valence-corrected chi connectivity index (χ2v) is 5.51. The van der Waals surface area contributed by atoms with Gasteiger partial charge < -0.3 is 10.6 Å². The van der Waals surface area contributed by atoms with Gasteiger partial charge in [0, 0.05) is 6.04 Å². The van der Waals surface area contributed by atoms with Crippen molar-refractivity contribution in [2.75, 3.05) is 5.32 Å². The first-order chi connectivity index (χ1) is 8.15. The second kappa shape index (κ2) is 5.69. The highest BCUT2D eigenvalue weighted by Crippen LogP contribution is 2.25. The molecule has 0 spiro atoms. The van der Waals surface area contributed by atoms with Gasteiger partial charge in [-0.1, -0.05) is 30.7 Å². The zero-order valence-electron chi connectivity index (χ0n) is 9.87. The Hall–Kier alpha value is -0.800. The number of para-hydroxylation sites is 1. The van der Waals surface area contributed by atoms with Crippen LogP contribution in [-0.4, -0.2) is 11.2 Å². The van der Waals surface area contributed by atoms with Crippen molar-refractivity contribution in [2.24, 2.45) is 5.92 Å². The molecule has 0 aliphatic heterocycles. The lowest BCUT2D eigenvalue weighted by molar-refractivity contribution is 0.572. The minimum Gasteiger partial charge on any atom is -0.360 e. The van der Waals surface area contributed by atoms with E-state index in [1.807, 2.05) is 24.3 Å². The van der Waals surface area contributed by atoms with Gasteiger partial charge in [0.1, 0.15) is 0 Å². The molecule has 2 unspecified atom stereocenters. The Balaban J connectivity index is 1.87. The van der Waals surface area contributed by atoms with Crippen LogP contribution in [0.15, 0.2) is 24.3 Å². The van der Waals surface area contributed by atoms with Gasteiger partial charge in [-0.3, -0.25) is 0 Å². The summed E-state index contributed by atoms with van der Waals surface area (Å²) in [5.74, 6) is 0.801. The molecule has 4 heteroatoms. The average Bonchev–Trinajstić information content (AvgIpc) is 2.67. The number of nitrogens with one attached hydrogen (secondary N) is 2. The van der Waals surface area contributed by atoms with Gasteiger partial charge in [0.25, 0.3) is 0 Å². The number of thiocarbonyl (C=S) groups is 1. The molecular weight excluding hydrogens is 252 g/mol. The summed E-state index contributed by atoms with van der Waals surface area (Å²) in [6.07, 6.45) is 3.68. The molecule has 1 fully saturated rings. The lowest BCUT2D eigenvalue weighted by Crippen LogP contribution is -2.36. The highest BCUT2D eigenvalue weighted by atomic mass is 35.5. The van der Waals surface area contributed by atoms with Crippen molar-refractivity contribution < 1.29 is 0 Å². The predicted octanol–water partition coefficient (Wildman–Crippen LogP) is 3.82. The highest BCUT2D eigenvalue weighted by molar-refractivity contribution is 7.80. The van der Waals surface area contributed by atoms with Gasteiger partial charge in [0.05, 0.1) is 10.7 Å². The monoisotopic (exact) mass is 268 g/mol. The Bertz CT molecular complexity index is 408. The van der Waals surface area contributed by atoms with E-state index in [0.29, 0.717) is 16.2 Å². The maximum absolute atomic E-state index is 6.06. The fourth-order valence-electron chi connectivity index (χ4n) is 2.24. The number of hydrogen-bond donors (Lipinski definition) is 2. The van der Waals surface area contributed by atoms with E-state index in [9.17, 15) is 0 Å². The smallest absolute Gasteiger partial charge is 0.171 e. The van der Waals surface area contributed by atoms with Crippen molar-refractivity contribution in [3.63, 3.8) is 0 Å². The van der Waals surface area contributed by atoms with E-state index in [4.69, 9.17) is 23.8 Å². The van der Waals surface area contributed by atoms with Crippen LogP contribution in [0.1, 0.15) is 26.2 Å². The number of anilines is 1. The molecule has 2 rings (SSSR count). The normalized spacial score (nSPS) is 23.4. The van der Waals surface area contributed by atoms with Crippen molar-refractivity contribution in [1.29, 1.82) is 0 Å². The summed E-state index contributed by atoms with van der Waals surface area (Å²) >= 11 is 11.3. The van der Waals surface area contributed by atoms with E-state index in [-0.39, 0.29) is 0 Å². The van der Waals surface area contributed by atoms with Crippen LogP contribution in [0.3, 0.4) is 0 Å². The Morgan fingerprint density at radius 2 is 2.12 bits per heavy atom. The summed E-state index contributed by atoms with van der Waals surface area (Å²) in [6.45, 7) is 2.28. The van der Waals surface area contributed by atoms with Crippen LogP contribution in [0, 0.1) is 5.92 Å². The fourth-order valence-corrected chi connectivity index (χ4v) is 2.70. The predicted molar refractivity (Wildman–Crippen MR) is 77.6 cm³/mol. The molecular formula is C13H17ClN2S. The van der Waals surface area contributed by atoms with Crippen molar-refractivity contribution >= 4 is 34.6 Å². The molecule has 2 nitrogen and oxygen atoms in total. The summed E-state index contributed by atoms with van der Waals surface area (Å²) in [7, 11) is 0. The van der Waals surface area contributed by atoms with E-state index in [0.717, 1.165) is 11.6 Å². The standard InChI is InChI=1S/C13H17ClN2S/c1-9-6-7-10(8-9)15-13(17)16-12-5-3-2-4-11(12)14/h2-5,9-10H,6-8H2,1H3,(H2,15,16,17). The van der Waals surface area contributed by atoms with E-state index in [1.54, 1.807) is 0 Å². The van der Waals surface area contributed by atoms with E-state index >= 15 is 0 Å². The zero-order chi connectivity index (χ0) is 12.3. The van der Waals surface area contributed by atoms with Gasteiger partial charge in [-0.15, -0.1) is 0 Å². The molecule has 0 radical (unpaired) electrons. The maximum atomic E-state index is 6.06. The Morgan fingerprint density at radius 3 is 2.76 bits per heavy atom. The van der Waals surface area contributed by atoms with Crippen LogP contribution < -0.4 is 10.6 Å². The number of rotatable bonds is 2. The lowest BCUT2D eigenvalue weighted by atomic mass is 10.1. The average molecular weight is 269 g/mol. The van der Waals surface area contributed by atoms with Crippen LogP contribution in [-0.2, 0) is 0 Å². The number of halogens is 1. The Morgan fingerprint density at radius 1 is 1.35 bits per heavy atom. The third kappa shape index (κ3) is 3.58. The van der Waals surface area contributed by atoms with Gasteiger partial charge >= 0.3 is 0 Å². The highest BCUT2D eigenvalue weighted by Gasteiger charge is 2.21. The summed E-state index contributed by atoms with van der Waals surface area (Å²) in [5, 5.41) is 7.84. The van der Waals surface area contributed by atoms with Crippen LogP contribution in [0.5, 0.6) is 0 Å². The molecule has 0 aromatic heterocycles. The third-order valence-electron chi connectivity index (χ3n) is 3.15. The van der Waals surface area contributed by atoms with Crippen LogP contribution in [0.4, 0.5) is 5.69 Å². The summed E-state index contributed by atoms with van der Waals surface area (Å²) in [4.78, 5) is 0. The SMILES string of the molecule is CC1CCC(NC(=S)Nc2ccccc2Cl)C1. The second-order valence-electron chi connectivity index (χ2n) is 4.69. The van der Waals surface area contributed by atoms with Gasteiger partial charge in [-0.05, 0) is 49.5 Å². The quantitative estimate of drug-likeness (QED) is 0.798. The maximum Gasteiger partial charge on any atom is 0.171 e. The zero-order valence-corrected chi connectivity index (χ0v) is 11.4. The lowest BCUT2D eigenvalue weighted by Gasteiger charge is -2.16. The molecule has 1 aliphatic rings. The first-order valence-corrected chi connectivity index (χ1v) is 6.76. The van der Waals surface area contributed by atoms with Gasteiger partial charge in [0.2, 0.25) is 0 Å². The van der Waals surface area contributed by atoms with Gasteiger partial charge in [0.15, 0.2) is 5.11 Å². The molecule has 1 aromatic carbocycles. The van der Waals surface area contributed by atoms with Crippen molar-refractivity contribution in [3.05, 3.63) is 29.3 Å². The van der Waals surface area contributed by atoms with Gasteiger partial charge in [-0.2, -0.15) is 0 Å². The first-order valence-electron chi connectivity index (χ1n) is 5.97. The van der Waals surface area contributed by atoms with Crippen LogP contribution in [0.25, 0.3) is 0 Å². The molecule has 1 saturated carbocycles. The Kier molecular flexibility index (Phi) is 4.24. The largest absolute Gasteiger partial charge is 0.360 e. The number of hydrogen-bond acceptors (Lipinski definition) is 1. The van der Waals surface area contributed by atoms with Crippen molar-refractivity contribution in [3.8, 4) is 0 Å². The van der Waals surface area contributed by atoms with E-state index in [1.165, 1.54) is 19.3 Å². The van der Waals surface area contributed by atoms with Gasteiger partial charge in [-0.25, -0.2) is 0 Å². The molecule has 92 valence electrons. The minimum absolute atomic E-state index is 0.507. The molecule has 2 atom stereocenters. The summed E-state index contributed by atoms with van der Waals surface area (Å²) in [6, 6.07) is 8.13. The van der Waals surface area contributed by atoms with Crippen molar-refractivity contribution in [1.82, 2.24) is 5.32 Å². The molecule has 0 bridgehead atoms. The number of benzene rings is 1. The molecule has 0 saturated heterocycles. The molecule has 17 heavy (non-hydrogen) atoms. The molecule has 1 aliphatic carbocycles. The molecule has 0 amide bonds.